The largest absolute Gasteiger partial charge is 0.348 e. The van der Waals surface area contributed by atoms with E-state index in [9.17, 15) is 9.59 Å². The van der Waals surface area contributed by atoms with Crippen LogP contribution in [0.5, 0.6) is 0 Å². The Morgan fingerprint density at radius 2 is 1.87 bits per heavy atom. The fourth-order valence-corrected chi connectivity index (χ4v) is 5.14. The molecule has 156 valence electrons. The maximum absolute atomic E-state index is 12.6. The van der Waals surface area contributed by atoms with Crippen molar-refractivity contribution >= 4 is 27.5 Å². The zero-order valence-electron chi connectivity index (χ0n) is 16.9. The van der Waals surface area contributed by atoms with Crippen LogP contribution in [0.2, 0.25) is 0 Å². The number of quaternary nitrogens is 2. The van der Waals surface area contributed by atoms with Gasteiger partial charge >= 0.3 is 0 Å². The lowest BCUT2D eigenvalue weighted by Gasteiger charge is -2.29. The molecule has 5 rings (SSSR count). The molecule has 1 aromatic carbocycles. The van der Waals surface area contributed by atoms with Crippen LogP contribution in [0, 0.1) is 0 Å². The topological polar surface area (TPSA) is 83.7 Å². The molecule has 8 heteroatoms. The fraction of sp³-hybridized carbons (Fsp3) is 0.409. The van der Waals surface area contributed by atoms with Crippen LogP contribution in [-0.2, 0) is 11.3 Å². The third kappa shape index (κ3) is 4.45. The van der Waals surface area contributed by atoms with Crippen LogP contribution in [0.1, 0.15) is 18.7 Å². The number of fused-ring (bicyclic) bond motifs is 1. The van der Waals surface area contributed by atoms with E-state index in [0.29, 0.717) is 24.5 Å². The molecule has 1 amide bonds. The molecule has 4 N–H and O–H groups in total. The van der Waals surface area contributed by atoms with Crippen molar-refractivity contribution in [1.29, 1.82) is 0 Å². The van der Waals surface area contributed by atoms with Gasteiger partial charge in [-0.05, 0) is 24.5 Å². The summed E-state index contributed by atoms with van der Waals surface area (Å²) >= 11 is 1.57. The molecule has 1 aliphatic heterocycles. The SMILES string of the molecule is O=C(C[NH+]1CC[NH+](Cc2nc3sc(-c4ccccc4)cc3c(=O)[nH]2)CC1)NC1CC1. The second-order valence-corrected chi connectivity index (χ2v) is 9.43. The molecule has 1 aliphatic carbocycles. The third-order valence-corrected chi connectivity index (χ3v) is 7.02. The summed E-state index contributed by atoms with van der Waals surface area (Å²) in [4.78, 5) is 37.0. The van der Waals surface area contributed by atoms with Gasteiger partial charge in [-0.2, -0.15) is 0 Å². The van der Waals surface area contributed by atoms with Crippen LogP contribution in [-0.4, -0.2) is 54.6 Å². The summed E-state index contributed by atoms with van der Waals surface area (Å²) in [5.41, 5.74) is 1.05. The number of aromatic amines is 1. The van der Waals surface area contributed by atoms with Crippen molar-refractivity contribution in [2.75, 3.05) is 32.7 Å². The molecule has 3 heterocycles. The van der Waals surface area contributed by atoms with Crippen molar-refractivity contribution < 1.29 is 14.6 Å². The maximum atomic E-state index is 12.6. The highest BCUT2D eigenvalue weighted by molar-refractivity contribution is 7.21. The highest BCUT2D eigenvalue weighted by Crippen LogP contribution is 2.30. The van der Waals surface area contributed by atoms with Crippen molar-refractivity contribution in [3.05, 3.63) is 52.6 Å². The molecule has 2 aliphatic rings. The van der Waals surface area contributed by atoms with Crippen LogP contribution in [0.4, 0.5) is 0 Å². The second kappa shape index (κ2) is 8.29. The van der Waals surface area contributed by atoms with Gasteiger partial charge in [-0.1, -0.05) is 30.3 Å². The quantitative estimate of drug-likeness (QED) is 0.418. The molecule has 1 saturated heterocycles. The average Bonchev–Trinajstić information content (AvgIpc) is 3.44. The summed E-state index contributed by atoms with van der Waals surface area (Å²) < 4.78 is 0. The first kappa shape index (κ1) is 19.4. The Balaban J connectivity index is 1.22. The van der Waals surface area contributed by atoms with Crippen molar-refractivity contribution in [2.24, 2.45) is 0 Å². The lowest BCUT2D eigenvalue weighted by atomic mass is 10.2. The highest BCUT2D eigenvalue weighted by Gasteiger charge is 2.28. The molecule has 3 aromatic rings. The van der Waals surface area contributed by atoms with Crippen molar-refractivity contribution in [1.82, 2.24) is 15.3 Å². The Morgan fingerprint density at radius 1 is 1.13 bits per heavy atom. The number of hydrogen-bond donors (Lipinski definition) is 4. The lowest BCUT2D eigenvalue weighted by molar-refractivity contribution is -1.02. The number of H-pyrrole nitrogens is 1. The summed E-state index contributed by atoms with van der Waals surface area (Å²) in [6.45, 7) is 5.18. The van der Waals surface area contributed by atoms with E-state index in [4.69, 9.17) is 4.98 Å². The van der Waals surface area contributed by atoms with E-state index >= 15 is 0 Å². The van der Waals surface area contributed by atoms with Crippen molar-refractivity contribution in [2.45, 2.75) is 25.4 Å². The monoisotopic (exact) mass is 425 g/mol. The molecular weight excluding hydrogens is 398 g/mol. The number of nitrogens with zero attached hydrogens (tertiary/aromatic N) is 1. The van der Waals surface area contributed by atoms with Crippen molar-refractivity contribution in [3.8, 4) is 10.4 Å². The minimum atomic E-state index is -0.0613. The number of thiophene rings is 1. The third-order valence-electron chi connectivity index (χ3n) is 5.94. The maximum Gasteiger partial charge on any atom is 0.275 e. The van der Waals surface area contributed by atoms with Gasteiger partial charge in [-0.15, -0.1) is 11.3 Å². The van der Waals surface area contributed by atoms with Gasteiger partial charge in [0.2, 0.25) is 0 Å². The number of benzene rings is 1. The first-order chi connectivity index (χ1) is 14.6. The Labute approximate surface area is 178 Å². The minimum absolute atomic E-state index is 0.0613. The van der Waals surface area contributed by atoms with Crippen LogP contribution >= 0.6 is 11.3 Å². The number of amides is 1. The van der Waals surface area contributed by atoms with Crippen LogP contribution in [0.15, 0.2) is 41.2 Å². The predicted molar refractivity (Wildman–Crippen MR) is 117 cm³/mol. The van der Waals surface area contributed by atoms with Gasteiger partial charge in [0.15, 0.2) is 12.4 Å². The molecule has 1 saturated carbocycles. The summed E-state index contributed by atoms with van der Waals surface area (Å²) in [6, 6.07) is 12.5. The minimum Gasteiger partial charge on any atom is -0.348 e. The first-order valence-electron chi connectivity index (χ1n) is 10.7. The first-order valence-corrected chi connectivity index (χ1v) is 11.5. The zero-order valence-corrected chi connectivity index (χ0v) is 17.7. The standard InChI is InChI=1S/C22H25N5O2S/c28-20(23-16-6-7-16)14-27-10-8-26(9-11-27)13-19-24-21(29)17-12-18(30-22(17)25-19)15-4-2-1-3-5-15/h1-5,12,16H,6-11,13-14H2,(H,23,28)(H,24,25,29)/p+2. The molecule has 0 radical (unpaired) electrons. The number of aromatic nitrogens is 2. The Hall–Kier alpha value is -2.55. The number of carbonyl (C=O) groups is 1. The Kier molecular flexibility index (Phi) is 5.37. The summed E-state index contributed by atoms with van der Waals surface area (Å²) in [6.07, 6.45) is 2.26. The Morgan fingerprint density at radius 3 is 2.60 bits per heavy atom. The molecule has 0 atom stereocenters. The van der Waals surface area contributed by atoms with Gasteiger partial charge in [0.25, 0.3) is 11.5 Å². The smallest absolute Gasteiger partial charge is 0.275 e. The molecule has 0 bridgehead atoms. The molecule has 0 spiro atoms. The van der Waals surface area contributed by atoms with Crippen LogP contribution < -0.4 is 20.7 Å². The van der Waals surface area contributed by atoms with Gasteiger partial charge in [-0.25, -0.2) is 4.98 Å². The van der Waals surface area contributed by atoms with Crippen LogP contribution in [0.3, 0.4) is 0 Å². The van der Waals surface area contributed by atoms with Crippen LogP contribution in [0.25, 0.3) is 20.7 Å². The van der Waals surface area contributed by atoms with Gasteiger partial charge in [0, 0.05) is 10.9 Å². The average molecular weight is 426 g/mol. The number of rotatable bonds is 6. The van der Waals surface area contributed by atoms with E-state index in [0.717, 1.165) is 60.1 Å². The molecule has 2 aromatic heterocycles. The molecule has 0 unspecified atom stereocenters. The normalized spacial score (nSPS) is 21.6. The number of carbonyl (C=O) groups excluding carboxylic acids is 1. The molecule has 2 fully saturated rings. The number of hydrogen-bond acceptors (Lipinski definition) is 4. The number of piperazine rings is 1. The van der Waals surface area contributed by atoms with Gasteiger partial charge in [0.05, 0.1) is 5.39 Å². The van der Waals surface area contributed by atoms with E-state index in [1.807, 2.05) is 24.3 Å². The second-order valence-electron chi connectivity index (χ2n) is 8.40. The van der Waals surface area contributed by atoms with E-state index in [-0.39, 0.29) is 11.5 Å². The van der Waals surface area contributed by atoms with E-state index in [2.05, 4.69) is 22.4 Å². The van der Waals surface area contributed by atoms with E-state index < -0.39 is 0 Å². The van der Waals surface area contributed by atoms with Gasteiger partial charge < -0.3 is 20.1 Å². The Bertz CT molecular complexity index is 1100. The summed E-state index contributed by atoms with van der Waals surface area (Å²) in [7, 11) is 0. The van der Waals surface area contributed by atoms with E-state index in [1.165, 1.54) is 9.80 Å². The summed E-state index contributed by atoms with van der Waals surface area (Å²) in [5.74, 6) is 0.929. The lowest BCUT2D eigenvalue weighted by Crippen LogP contribution is -3.28. The summed E-state index contributed by atoms with van der Waals surface area (Å²) in [5, 5.41) is 3.73. The van der Waals surface area contributed by atoms with Gasteiger partial charge in [-0.3, -0.25) is 9.59 Å². The molecule has 7 nitrogen and oxygen atoms in total. The van der Waals surface area contributed by atoms with Crippen molar-refractivity contribution in [3.63, 3.8) is 0 Å². The predicted octanol–water partition coefficient (Wildman–Crippen LogP) is -0.786. The zero-order chi connectivity index (χ0) is 20.5. The van der Waals surface area contributed by atoms with E-state index in [1.54, 1.807) is 11.3 Å². The number of nitrogens with one attached hydrogen (secondary N) is 4. The van der Waals surface area contributed by atoms with Gasteiger partial charge in [0.1, 0.15) is 37.6 Å². The fourth-order valence-electron chi connectivity index (χ4n) is 4.09. The molecular formula is C22H27N5O2S+2. The highest BCUT2D eigenvalue weighted by atomic mass is 32.1. The molecule has 30 heavy (non-hydrogen) atoms.